The van der Waals surface area contributed by atoms with Gasteiger partial charge < -0.3 is 9.80 Å². The second-order valence-electron chi connectivity index (χ2n) is 11.0. The van der Waals surface area contributed by atoms with Crippen LogP contribution in [0.25, 0.3) is 10.2 Å². The van der Waals surface area contributed by atoms with Crippen LogP contribution in [-0.4, -0.2) is 66.0 Å². The summed E-state index contributed by atoms with van der Waals surface area (Å²) in [6.45, 7) is 7.08. The van der Waals surface area contributed by atoms with Crippen molar-refractivity contribution in [2.75, 3.05) is 50.7 Å². The van der Waals surface area contributed by atoms with Crippen molar-refractivity contribution in [3.05, 3.63) is 99.2 Å². The largest absolute Gasteiger partial charge is 0.367 e. The van der Waals surface area contributed by atoms with Crippen LogP contribution in [0.5, 0.6) is 0 Å². The number of hydrogen-bond acceptors (Lipinski definition) is 6. The molecule has 214 valence electrons. The summed E-state index contributed by atoms with van der Waals surface area (Å²) in [7, 11) is 0. The van der Waals surface area contributed by atoms with Crippen molar-refractivity contribution in [3.63, 3.8) is 0 Å². The molecule has 2 fully saturated rings. The zero-order valence-corrected chi connectivity index (χ0v) is 23.8. The van der Waals surface area contributed by atoms with Gasteiger partial charge in [0.1, 0.15) is 11.6 Å². The predicted molar refractivity (Wildman–Crippen MR) is 160 cm³/mol. The standard InChI is InChI=1S/C32H34F2N4O2S/c33-26-8-6-24(7-9-26)31(39)25-11-13-35(14-12-25)17-20-38-29-10-5-23(21-30(29)41-32(38)40)22-36-15-18-37(19-16-36)28-4-2-1-3-27(28)34/h1-10,21,25H,11-20,22H2. The van der Waals surface area contributed by atoms with Crippen molar-refractivity contribution in [2.45, 2.75) is 25.9 Å². The average Bonchev–Trinajstić information content (AvgIpc) is 3.31. The van der Waals surface area contributed by atoms with Crippen molar-refractivity contribution in [2.24, 2.45) is 5.92 Å². The summed E-state index contributed by atoms with van der Waals surface area (Å²) in [6.07, 6.45) is 1.54. The van der Waals surface area contributed by atoms with Crippen molar-refractivity contribution in [1.29, 1.82) is 0 Å². The summed E-state index contributed by atoms with van der Waals surface area (Å²) in [5, 5.41) is 0. The third-order valence-corrected chi connectivity index (χ3v) is 9.37. The Balaban J connectivity index is 1.01. The Bertz CT molecular complexity index is 1570. The van der Waals surface area contributed by atoms with E-state index in [1.54, 1.807) is 18.2 Å². The minimum atomic E-state index is -0.333. The summed E-state index contributed by atoms with van der Waals surface area (Å²) in [6, 6.07) is 19.1. The number of hydrogen-bond donors (Lipinski definition) is 0. The number of thiazole rings is 1. The van der Waals surface area contributed by atoms with Gasteiger partial charge in [-0.05, 0) is 80.0 Å². The van der Waals surface area contributed by atoms with E-state index in [0.717, 1.165) is 75.4 Å². The number of carbonyl (C=O) groups is 1. The number of fused-ring (bicyclic) bond motifs is 1. The number of nitrogens with zero attached hydrogens (tertiary/aromatic N) is 4. The number of likely N-dealkylation sites (tertiary alicyclic amines) is 1. The van der Waals surface area contributed by atoms with Crippen LogP contribution in [0.1, 0.15) is 28.8 Å². The lowest BCUT2D eigenvalue weighted by Gasteiger charge is -2.36. The average molecular weight is 577 g/mol. The van der Waals surface area contributed by atoms with Gasteiger partial charge in [-0.25, -0.2) is 8.78 Å². The van der Waals surface area contributed by atoms with E-state index in [0.29, 0.717) is 17.8 Å². The van der Waals surface area contributed by atoms with E-state index < -0.39 is 0 Å². The molecular formula is C32H34F2N4O2S. The molecule has 0 unspecified atom stereocenters. The molecule has 0 N–H and O–H groups in total. The van der Waals surface area contributed by atoms with Crippen molar-refractivity contribution >= 4 is 33.0 Å². The minimum absolute atomic E-state index is 0.0395. The number of rotatable bonds is 8. The molecule has 0 saturated carbocycles. The van der Waals surface area contributed by atoms with Gasteiger partial charge in [0.15, 0.2) is 5.78 Å². The molecule has 6 rings (SSSR count). The van der Waals surface area contributed by atoms with Crippen LogP contribution in [0.15, 0.2) is 71.5 Å². The predicted octanol–water partition coefficient (Wildman–Crippen LogP) is 5.26. The highest BCUT2D eigenvalue weighted by Gasteiger charge is 2.26. The molecule has 41 heavy (non-hydrogen) atoms. The van der Waals surface area contributed by atoms with E-state index in [-0.39, 0.29) is 28.2 Å². The number of halogens is 2. The van der Waals surface area contributed by atoms with Gasteiger partial charge in [0.05, 0.1) is 15.9 Å². The normalized spacial score (nSPS) is 17.4. The quantitative estimate of drug-likeness (QED) is 0.268. The topological polar surface area (TPSA) is 48.8 Å². The summed E-state index contributed by atoms with van der Waals surface area (Å²) in [5.41, 5.74) is 3.39. The lowest BCUT2D eigenvalue weighted by molar-refractivity contribution is 0.0837. The number of Topliss-reactive ketones (excluding diaryl/α,β-unsaturated/α-hetero) is 1. The molecule has 2 aliphatic rings. The molecule has 0 spiro atoms. The van der Waals surface area contributed by atoms with Crippen LogP contribution in [0.3, 0.4) is 0 Å². The van der Waals surface area contributed by atoms with Crippen molar-refractivity contribution in [1.82, 2.24) is 14.4 Å². The zero-order chi connectivity index (χ0) is 28.3. The second kappa shape index (κ2) is 12.2. The first-order chi connectivity index (χ1) is 19.9. The Labute approximate surface area is 242 Å². The van der Waals surface area contributed by atoms with Crippen molar-refractivity contribution in [3.8, 4) is 0 Å². The number of aromatic nitrogens is 1. The molecule has 2 saturated heterocycles. The maximum absolute atomic E-state index is 14.2. The van der Waals surface area contributed by atoms with Gasteiger partial charge in [-0.2, -0.15) is 0 Å². The zero-order valence-electron chi connectivity index (χ0n) is 23.0. The fourth-order valence-corrected chi connectivity index (χ4v) is 7.03. The molecule has 0 aliphatic carbocycles. The number of carbonyl (C=O) groups excluding carboxylic acids is 1. The number of piperazine rings is 1. The molecule has 9 heteroatoms. The van der Waals surface area contributed by atoms with Gasteiger partial charge in [-0.15, -0.1) is 0 Å². The highest BCUT2D eigenvalue weighted by Crippen LogP contribution is 2.25. The first-order valence-electron chi connectivity index (χ1n) is 14.3. The number of ketones is 1. The van der Waals surface area contributed by atoms with Gasteiger partial charge in [-0.1, -0.05) is 29.5 Å². The van der Waals surface area contributed by atoms with Crippen LogP contribution >= 0.6 is 11.3 Å². The fraction of sp³-hybridized carbons (Fsp3) is 0.375. The molecule has 0 radical (unpaired) electrons. The van der Waals surface area contributed by atoms with Gasteiger partial charge in [-0.3, -0.25) is 19.1 Å². The van der Waals surface area contributed by atoms with Gasteiger partial charge in [0.2, 0.25) is 0 Å². The maximum atomic E-state index is 14.2. The Morgan fingerprint density at radius 2 is 1.56 bits per heavy atom. The van der Waals surface area contributed by atoms with E-state index in [4.69, 9.17) is 0 Å². The molecule has 0 bridgehead atoms. The van der Waals surface area contributed by atoms with Gasteiger partial charge >= 0.3 is 4.87 Å². The van der Waals surface area contributed by atoms with Gasteiger partial charge in [0.25, 0.3) is 0 Å². The van der Waals surface area contributed by atoms with Crippen LogP contribution in [0.4, 0.5) is 14.5 Å². The van der Waals surface area contributed by atoms with E-state index in [9.17, 15) is 18.4 Å². The molecule has 3 heterocycles. The highest BCUT2D eigenvalue weighted by atomic mass is 32.1. The molecule has 3 aromatic carbocycles. The van der Waals surface area contributed by atoms with E-state index >= 15 is 0 Å². The molecule has 0 atom stereocenters. The third-order valence-electron chi connectivity index (χ3n) is 8.43. The first-order valence-corrected chi connectivity index (χ1v) is 15.1. The Kier molecular flexibility index (Phi) is 8.27. The lowest BCUT2D eigenvalue weighted by Crippen LogP contribution is -2.46. The third kappa shape index (κ3) is 6.27. The molecule has 2 aliphatic heterocycles. The Morgan fingerprint density at radius 1 is 0.829 bits per heavy atom. The summed E-state index contributed by atoms with van der Waals surface area (Å²) >= 11 is 1.29. The fourth-order valence-electron chi connectivity index (χ4n) is 6.04. The molecular weight excluding hydrogens is 542 g/mol. The van der Waals surface area contributed by atoms with Gasteiger partial charge in [0, 0.05) is 57.3 Å². The number of benzene rings is 3. The number of piperidine rings is 1. The van der Waals surface area contributed by atoms with Crippen LogP contribution in [-0.2, 0) is 13.1 Å². The lowest BCUT2D eigenvalue weighted by atomic mass is 9.89. The molecule has 0 amide bonds. The summed E-state index contributed by atoms with van der Waals surface area (Å²) in [4.78, 5) is 32.5. The van der Waals surface area contributed by atoms with E-state index in [1.165, 1.54) is 35.1 Å². The van der Waals surface area contributed by atoms with Crippen LogP contribution in [0.2, 0.25) is 0 Å². The van der Waals surface area contributed by atoms with Crippen LogP contribution in [0, 0.1) is 17.6 Å². The highest BCUT2D eigenvalue weighted by molar-refractivity contribution is 7.16. The van der Waals surface area contributed by atoms with E-state index in [2.05, 4.69) is 32.9 Å². The maximum Gasteiger partial charge on any atom is 0.308 e. The molecule has 1 aromatic heterocycles. The van der Waals surface area contributed by atoms with Crippen molar-refractivity contribution < 1.29 is 13.6 Å². The summed E-state index contributed by atoms with van der Waals surface area (Å²) in [5.74, 6) is -0.456. The summed E-state index contributed by atoms with van der Waals surface area (Å²) < 4.78 is 30.2. The minimum Gasteiger partial charge on any atom is -0.367 e. The molecule has 6 nitrogen and oxygen atoms in total. The second-order valence-corrected chi connectivity index (χ2v) is 12.0. The first kappa shape index (κ1) is 27.8. The monoisotopic (exact) mass is 576 g/mol. The smallest absolute Gasteiger partial charge is 0.308 e. The van der Waals surface area contributed by atoms with E-state index in [1.807, 2.05) is 16.7 Å². The number of anilines is 1. The van der Waals surface area contributed by atoms with Crippen LogP contribution < -0.4 is 9.77 Å². The Morgan fingerprint density at radius 3 is 2.29 bits per heavy atom. The number of para-hydroxylation sites is 1. The molecule has 4 aromatic rings. The SMILES string of the molecule is O=C(c1ccc(F)cc1)C1CCN(CCn2c(=O)sc3cc(CN4CCN(c5ccccc5F)CC4)ccc32)CC1. The Hall–Kier alpha value is -3.40.